The number of halogens is 3. The highest BCUT2D eigenvalue weighted by Gasteiger charge is 2.11. The molecule has 0 amide bonds. The maximum absolute atomic E-state index is 6.25. The molecule has 0 N–H and O–H groups in total. The minimum absolute atomic E-state index is 0.727. The fourth-order valence-electron chi connectivity index (χ4n) is 2.08. The minimum atomic E-state index is 0.727. The van der Waals surface area contributed by atoms with Gasteiger partial charge in [0.1, 0.15) is 0 Å². The lowest BCUT2D eigenvalue weighted by Gasteiger charge is -2.22. The Morgan fingerprint density at radius 1 is 0.850 bits per heavy atom. The molecular formula is C16H16BrCl2N. The normalized spacial score (nSPS) is 11.0. The van der Waals surface area contributed by atoms with Gasteiger partial charge in [0.15, 0.2) is 0 Å². The first-order chi connectivity index (χ1) is 9.70. The second kappa shape index (κ2) is 8.04. The molecule has 106 valence electrons. The Morgan fingerprint density at radius 2 is 1.50 bits per heavy atom. The quantitative estimate of drug-likeness (QED) is 0.614. The van der Waals surface area contributed by atoms with Gasteiger partial charge in [0.2, 0.25) is 0 Å². The van der Waals surface area contributed by atoms with E-state index in [9.17, 15) is 0 Å². The van der Waals surface area contributed by atoms with E-state index in [-0.39, 0.29) is 0 Å². The molecule has 0 fully saturated rings. The lowest BCUT2D eigenvalue weighted by molar-refractivity contribution is 0.274. The third kappa shape index (κ3) is 4.49. The largest absolute Gasteiger partial charge is 0.294 e. The molecule has 0 aromatic heterocycles. The third-order valence-corrected chi connectivity index (χ3v) is 4.16. The summed E-state index contributed by atoms with van der Waals surface area (Å²) < 4.78 is 0. The highest BCUT2D eigenvalue weighted by Crippen LogP contribution is 2.26. The molecule has 1 nitrogen and oxygen atoms in total. The van der Waals surface area contributed by atoms with Crippen LogP contribution in [-0.4, -0.2) is 16.8 Å². The van der Waals surface area contributed by atoms with Crippen molar-refractivity contribution in [2.24, 2.45) is 0 Å². The van der Waals surface area contributed by atoms with Crippen molar-refractivity contribution in [1.82, 2.24) is 4.90 Å². The van der Waals surface area contributed by atoms with E-state index in [1.165, 1.54) is 5.56 Å². The zero-order valence-corrected chi connectivity index (χ0v) is 14.1. The summed E-state index contributed by atoms with van der Waals surface area (Å²) in [4.78, 5) is 2.33. The van der Waals surface area contributed by atoms with E-state index in [0.29, 0.717) is 0 Å². The number of hydrogen-bond donors (Lipinski definition) is 0. The first-order valence-corrected chi connectivity index (χ1v) is 8.33. The summed E-state index contributed by atoms with van der Waals surface area (Å²) in [5.74, 6) is 0. The van der Waals surface area contributed by atoms with Gasteiger partial charge in [-0.2, -0.15) is 0 Å². The predicted octanol–water partition coefficient (Wildman–Crippen LogP) is 5.39. The highest BCUT2D eigenvalue weighted by molar-refractivity contribution is 9.09. The van der Waals surface area contributed by atoms with Crippen molar-refractivity contribution >= 4 is 39.1 Å². The third-order valence-electron chi connectivity index (χ3n) is 3.09. The molecule has 0 aliphatic carbocycles. The smallest absolute Gasteiger partial charge is 0.0465 e. The highest BCUT2D eigenvalue weighted by atomic mass is 79.9. The first-order valence-electron chi connectivity index (χ1n) is 6.46. The van der Waals surface area contributed by atoms with Crippen LogP contribution in [0, 0.1) is 0 Å². The Balaban J connectivity index is 2.13. The molecule has 0 saturated carbocycles. The van der Waals surface area contributed by atoms with E-state index in [1.807, 2.05) is 24.3 Å². The molecule has 2 aromatic carbocycles. The summed E-state index contributed by atoms with van der Waals surface area (Å²) in [6.07, 6.45) is 0. The molecule has 0 atom stereocenters. The van der Waals surface area contributed by atoms with Gasteiger partial charge in [0.25, 0.3) is 0 Å². The molecule has 2 aromatic rings. The van der Waals surface area contributed by atoms with Crippen LogP contribution in [0.15, 0.2) is 48.5 Å². The molecule has 4 heteroatoms. The SMILES string of the molecule is Clc1cccc(Cl)c1CN(CCBr)Cc1ccccc1. The van der Waals surface area contributed by atoms with E-state index in [2.05, 4.69) is 45.1 Å². The molecule has 0 heterocycles. The second-order valence-corrected chi connectivity index (χ2v) is 6.19. The molecular weight excluding hydrogens is 357 g/mol. The second-order valence-electron chi connectivity index (χ2n) is 4.59. The average Bonchev–Trinajstić information content (AvgIpc) is 2.44. The van der Waals surface area contributed by atoms with Crippen molar-refractivity contribution in [3.63, 3.8) is 0 Å². The molecule has 0 aliphatic rings. The predicted molar refractivity (Wildman–Crippen MR) is 90.8 cm³/mol. The number of rotatable bonds is 6. The summed E-state index contributed by atoms with van der Waals surface area (Å²) >= 11 is 16.0. The Morgan fingerprint density at radius 3 is 2.10 bits per heavy atom. The Bertz CT molecular complexity index is 525. The molecule has 2 rings (SSSR count). The summed E-state index contributed by atoms with van der Waals surface area (Å²) in [5, 5.41) is 2.37. The van der Waals surface area contributed by atoms with Crippen molar-refractivity contribution in [3.8, 4) is 0 Å². The van der Waals surface area contributed by atoms with Gasteiger partial charge in [0, 0.05) is 40.6 Å². The molecule has 0 radical (unpaired) electrons. The van der Waals surface area contributed by atoms with Crippen LogP contribution in [0.5, 0.6) is 0 Å². The number of benzene rings is 2. The van der Waals surface area contributed by atoms with E-state index in [1.54, 1.807) is 0 Å². The van der Waals surface area contributed by atoms with Crippen LogP contribution < -0.4 is 0 Å². The first kappa shape index (κ1) is 15.8. The van der Waals surface area contributed by atoms with E-state index in [4.69, 9.17) is 23.2 Å². The molecule has 0 bridgehead atoms. The van der Waals surface area contributed by atoms with Crippen molar-refractivity contribution in [2.45, 2.75) is 13.1 Å². The minimum Gasteiger partial charge on any atom is -0.294 e. The van der Waals surface area contributed by atoms with Crippen LogP contribution in [0.1, 0.15) is 11.1 Å². The van der Waals surface area contributed by atoms with Crippen molar-refractivity contribution in [3.05, 3.63) is 69.7 Å². The lowest BCUT2D eigenvalue weighted by atomic mass is 10.1. The monoisotopic (exact) mass is 371 g/mol. The molecule has 0 aliphatic heterocycles. The van der Waals surface area contributed by atoms with Gasteiger partial charge in [-0.25, -0.2) is 0 Å². The maximum Gasteiger partial charge on any atom is 0.0465 e. The van der Waals surface area contributed by atoms with Crippen LogP contribution in [0.2, 0.25) is 10.0 Å². The summed E-state index contributed by atoms with van der Waals surface area (Å²) in [5.41, 5.74) is 2.28. The van der Waals surface area contributed by atoms with Crippen LogP contribution >= 0.6 is 39.1 Å². The van der Waals surface area contributed by atoms with E-state index < -0.39 is 0 Å². The fourth-order valence-corrected chi connectivity index (χ4v) is 3.10. The van der Waals surface area contributed by atoms with Crippen LogP contribution in [0.25, 0.3) is 0 Å². The molecule has 0 spiro atoms. The van der Waals surface area contributed by atoms with E-state index in [0.717, 1.165) is 40.6 Å². The van der Waals surface area contributed by atoms with Gasteiger partial charge in [0.05, 0.1) is 0 Å². The van der Waals surface area contributed by atoms with Gasteiger partial charge in [-0.3, -0.25) is 4.90 Å². The van der Waals surface area contributed by atoms with Crippen molar-refractivity contribution in [2.75, 3.05) is 11.9 Å². The van der Waals surface area contributed by atoms with Gasteiger partial charge >= 0.3 is 0 Å². The van der Waals surface area contributed by atoms with Crippen molar-refractivity contribution in [1.29, 1.82) is 0 Å². The number of alkyl halides is 1. The van der Waals surface area contributed by atoms with Crippen LogP contribution in [0.3, 0.4) is 0 Å². The molecule has 0 saturated heterocycles. The van der Waals surface area contributed by atoms with Gasteiger partial charge < -0.3 is 0 Å². The maximum atomic E-state index is 6.25. The summed E-state index contributed by atoms with van der Waals surface area (Å²) in [6, 6.07) is 16.1. The zero-order chi connectivity index (χ0) is 14.4. The summed E-state index contributed by atoms with van der Waals surface area (Å²) in [6.45, 7) is 2.57. The van der Waals surface area contributed by atoms with Crippen LogP contribution in [0.4, 0.5) is 0 Å². The van der Waals surface area contributed by atoms with Crippen molar-refractivity contribution < 1.29 is 0 Å². The Kier molecular flexibility index (Phi) is 6.37. The lowest BCUT2D eigenvalue weighted by Crippen LogP contribution is -2.25. The number of hydrogen-bond acceptors (Lipinski definition) is 1. The number of nitrogens with zero attached hydrogens (tertiary/aromatic N) is 1. The average molecular weight is 373 g/mol. The fraction of sp³-hybridized carbons (Fsp3) is 0.250. The molecule has 0 unspecified atom stereocenters. The van der Waals surface area contributed by atoms with Gasteiger partial charge in [-0.05, 0) is 17.7 Å². The summed E-state index contributed by atoms with van der Waals surface area (Å²) in [7, 11) is 0. The Labute approximate surface area is 138 Å². The molecule has 20 heavy (non-hydrogen) atoms. The van der Waals surface area contributed by atoms with Crippen LogP contribution in [-0.2, 0) is 13.1 Å². The standard InChI is InChI=1S/C16H16BrCl2N/c17-9-10-20(11-13-5-2-1-3-6-13)12-14-15(18)7-4-8-16(14)19/h1-8H,9-12H2. The van der Waals surface area contributed by atoms with E-state index >= 15 is 0 Å². The van der Waals surface area contributed by atoms with Gasteiger partial charge in [-0.1, -0.05) is 75.5 Å². The topological polar surface area (TPSA) is 3.24 Å². The van der Waals surface area contributed by atoms with Gasteiger partial charge in [-0.15, -0.1) is 0 Å². The zero-order valence-electron chi connectivity index (χ0n) is 11.0. The Hall–Kier alpha value is -0.540.